The number of ether oxygens (including phenoxy) is 1. The zero-order chi connectivity index (χ0) is 35.2. The van der Waals surface area contributed by atoms with Crippen LogP contribution >= 0.6 is 0 Å². The van der Waals surface area contributed by atoms with Gasteiger partial charge in [-0.25, -0.2) is 9.59 Å². The van der Waals surface area contributed by atoms with Gasteiger partial charge in [0.25, 0.3) is 0 Å². The summed E-state index contributed by atoms with van der Waals surface area (Å²) in [5.74, 6) is -7.35. The van der Waals surface area contributed by atoms with Gasteiger partial charge in [-0.2, -0.15) is 0 Å². The van der Waals surface area contributed by atoms with E-state index in [1.54, 1.807) is 24.3 Å². The van der Waals surface area contributed by atoms with Gasteiger partial charge in [-0.15, -0.1) is 0 Å². The van der Waals surface area contributed by atoms with E-state index in [0.717, 1.165) is 56.6 Å². The van der Waals surface area contributed by atoms with Crippen molar-refractivity contribution in [2.24, 2.45) is 5.92 Å². The number of nitrogens with one attached hydrogen (secondary N) is 1. The molecule has 6 N–H and O–H groups in total. The van der Waals surface area contributed by atoms with Gasteiger partial charge in [0.05, 0.1) is 18.4 Å². The Morgan fingerprint density at radius 1 is 0.894 bits per heavy atom. The molecule has 0 aliphatic heterocycles. The van der Waals surface area contributed by atoms with Crippen molar-refractivity contribution < 1.29 is 49.4 Å². The van der Waals surface area contributed by atoms with E-state index in [-0.39, 0.29) is 12.5 Å². The predicted molar refractivity (Wildman–Crippen MR) is 179 cm³/mol. The Kier molecular flexibility index (Phi) is 20.0. The average molecular weight is 662 g/mol. The maximum Gasteiger partial charge on any atom is 0.337 e. The van der Waals surface area contributed by atoms with Gasteiger partial charge in [-0.05, 0) is 63.3 Å². The molecule has 47 heavy (non-hydrogen) atoms. The molecule has 0 spiro atoms. The van der Waals surface area contributed by atoms with E-state index in [2.05, 4.69) is 12.2 Å². The summed E-state index contributed by atoms with van der Waals surface area (Å²) >= 11 is 0. The molecule has 1 unspecified atom stereocenters. The maximum absolute atomic E-state index is 13.3. The lowest BCUT2D eigenvalue weighted by Gasteiger charge is -2.29. The number of aliphatic hydroxyl groups excluding tert-OH is 1. The van der Waals surface area contributed by atoms with E-state index >= 15 is 0 Å². The Balaban J connectivity index is 2.83. The first kappa shape index (κ1) is 41.3. The number of hydrogen-bond donors (Lipinski definition) is 6. The number of carboxylic acids is 3. The third-order valence-corrected chi connectivity index (χ3v) is 7.93. The van der Waals surface area contributed by atoms with Crippen LogP contribution < -0.4 is 10.1 Å². The number of aliphatic carboxylic acids is 3. The SMILES string of the molecule is CCCCCCCC(O)CCCCCC/C=C/[C@@H](C(=O)N[C@@H](Cc1ccc(OCC=C(C)C)cc1)C(=O)O)[C@@](O)(CC(=O)O)C(=O)O. The topological polar surface area (TPSA) is 191 Å². The Hall–Kier alpha value is -3.70. The fraction of sp³-hybridized carbons (Fsp3) is 0.611. The number of amides is 1. The molecule has 1 amide bonds. The van der Waals surface area contributed by atoms with Crippen LogP contribution in [0.1, 0.15) is 110 Å². The van der Waals surface area contributed by atoms with Crippen molar-refractivity contribution in [2.45, 2.75) is 128 Å². The van der Waals surface area contributed by atoms with Crippen LogP contribution in [-0.4, -0.2) is 73.7 Å². The second-order valence-corrected chi connectivity index (χ2v) is 12.4. The highest BCUT2D eigenvalue weighted by molar-refractivity contribution is 5.94. The van der Waals surface area contributed by atoms with Crippen molar-refractivity contribution >= 4 is 23.8 Å². The first-order chi connectivity index (χ1) is 22.3. The zero-order valence-corrected chi connectivity index (χ0v) is 28.2. The van der Waals surface area contributed by atoms with Crippen LogP contribution in [0.5, 0.6) is 5.75 Å². The number of allylic oxidation sites excluding steroid dienone is 2. The largest absolute Gasteiger partial charge is 0.490 e. The molecule has 0 radical (unpaired) electrons. The molecule has 0 heterocycles. The van der Waals surface area contributed by atoms with Gasteiger partial charge >= 0.3 is 17.9 Å². The van der Waals surface area contributed by atoms with E-state index in [1.165, 1.54) is 25.3 Å². The van der Waals surface area contributed by atoms with Gasteiger partial charge in [-0.1, -0.05) is 88.1 Å². The van der Waals surface area contributed by atoms with Crippen molar-refractivity contribution in [3.8, 4) is 5.75 Å². The van der Waals surface area contributed by atoms with E-state index in [4.69, 9.17) is 4.74 Å². The monoisotopic (exact) mass is 661 g/mol. The lowest BCUT2D eigenvalue weighted by Crippen LogP contribution is -2.55. The summed E-state index contributed by atoms with van der Waals surface area (Å²) < 4.78 is 5.61. The minimum atomic E-state index is -3.01. The number of benzene rings is 1. The van der Waals surface area contributed by atoms with Crippen molar-refractivity contribution in [3.05, 3.63) is 53.6 Å². The van der Waals surface area contributed by atoms with E-state index in [1.807, 2.05) is 19.9 Å². The molecular weight excluding hydrogens is 606 g/mol. The maximum atomic E-state index is 13.3. The van der Waals surface area contributed by atoms with Crippen molar-refractivity contribution in [3.63, 3.8) is 0 Å². The van der Waals surface area contributed by atoms with Gasteiger partial charge in [0, 0.05) is 6.42 Å². The molecule has 1 aromatic rings. The lowest BCUT2D eigenvalue weighted by atomic mass is 9.82. The van der Waals surface area contributed by atoms with Gasteiger partial charge in [-0.3, -0.25) is 9.59 Å². The Bertz CT molecular complexity index is 1160. The first-order valence-corrected chi connectivity index (χ1v) is 16.7. The molecule has 0 saturated carbocycles. The fourth-order valence-electron chi connectivity index (χ4n) is 5.09. The fourth-order valence-corrected chi connectivity index (χ4v) is 5.09. The molecule has 0 aromatic heterocycles. The summed E-state index contributed by atoms with van der Waals surface area (Å²) in [7, 11) is 0. The summed E-state index contributed by atoms with van der Waals surface area (Å²) in [4.78, 5) is 48.9. The zero-order valence-electron chi connectivity index (χ0n) is 28.2. The summed E-state index contributed by atoms with van der Waals surface area (Å²) in [5, 5.41) is 52.3. The minimum Gasteiger partial charge on any atom is -0.490 e. The van der Waals surface area contributed by atoms with Crippen LogP contribution in [0.15, 0.2) is 48.1 Å². The Labute approximate surface area is 278 Å². The summed E-state index contributed by atoms with van der Waals surface area (Å²) in [6.07, 6.45) is 13.8. The number of rotatable bonds is 26. The standard InChI is InChI=1S/C36H55NO10/c1-4-5-6-9-12-15-28(38)16-13-10-7-8-11-14-17-30(36(46,35(44)45)25-32(39)40)33(41)37-31(34(42)43)24-27-18-20-29(21-19-27)47-23-22-26(2)3/h14,17-22,28,30-31,38,46H,4-13,15-16,23-25H2,1-3H3,(H,37,41)(H,39,40)(H,42,43)(H,44,45)/b17-14+/t28?,30-,31-,36-/m0/s1. The number of aliphatic hydroxyl groups is 2. The van der Waals surface area contributed by atoms with Crippen LogP contribution in [0.2, 0.25) is 0 Å². The molecule has 11 heteroatoms. The van der Waals surface area contributed by atoms with Gasteiger partial charge in [0.2, 0.25) is 5.91 Å². The third kappa shape index (κ3) is 17.1. The van der Waals surface area contributed by atoms with Crippen LogP contribution in [-0.2, 0) is 25.6 Å². The Morgan fingerprint density at radius 2 is 1.49 bits per heavy atom. The highest BCUT2D eigenvalue weighted by atomic mass is 16.5. The van der Waals surface area contributed by atoms with Gasteiger partial charge < -0.3 is 35.6 Å². The molecule has 0 saturated heterocycles. The van der Waals surface area contributed by atoms with E-state index in [9.17, 15) is 44.7 Å². The highest BCUT2D eigenvalue weighted by Crippen LogP contribution is 2.26. The molecular formula is C36H55NO10. The van der Waals surface area contributed by atoms with E-state index in [0.29, 0.717) is 30.8 Å². The second kappa shape index (κ2) is 22.8. The predicted octanol–water partition coefficient (Wildman–Crippen LogP) is 5.67. The molecule has 1 aromatic carbocycles. The molecule has 0 aliphatic rings. The summed E-state index contributed by atoms with van der Waals surface area (Å²) in [6, 6.07) is 5.13. The number of hydrogen-bond acceptors (Lipinski definition) is 7. The van der Waals surface area contributed by atoms with Gasteiger partial charge in [0.15, 0.2) is 5.60 Å². The summed E-state index contributed by atoms with van der Waals surface area (Å²) in [5.41, 5.74) is -1.36. The number of carbonyl (C=O) groups excluding carboxylic acids is 1. The molecule has 0 fully saturated rings. The van der Waals surface area contributed by atoms with Gasteiger partial charge in [0.1, 0.15) is 18.4 Å². The van der Waals surface area contributed by atoms with Crippen molar-refractivity contribution in [1.29, 1.82) is 0 Å². The molecule has 264 valence electrons. The molecule has 0 aliphatic carbocycles. The van der Waals surface area contributed by atoms with E-state index < -0.39 is 47.8 Å². The molecule has 0 bridgehead atoms. The normalized spacial score (nSPS) is 14.5. The second-order valence-electron chi connectivity index (χ2n) is 12.4. The number of carboxylic acid groups (broad SMARTS) is 3. The lowest BCUT2D eigenvalue weighted by molar-refractivity contribution is -0.172. The molecule has 4 atom stereocenters. The van der Waals surface area contributed by atoms with Crippen LogP contribution in [0, 0.1) is 5.92 Å². The van der Waals surface area contributed by atoms with Crippen molar-refractivity contribution in [2.75, 3.05) is 6.61 Å². The average Bonchev–Trinajstić information content (AvgIpc) is 2.99. The minimum absolute atomic E-state index is 0.149. The van der Waals surface area contributed by atoms with Crippen LogP contribution in [0.4, 0.5) is 0 Å². The third-order valence-electron chi connectivity index (χ3n) is 7.93. The quantitative estimate of drug-likeness (QED) is 0.0533. The van der Waals surface area contributed by atoms with Crippen LogP contribution in [0.25, 0.3) is 0 Å². The van der Waals surface area contributed by atoms with Crippen molar-refractivity contribution in [1.82, 2.24) is 5.32 Å². The summed E-state index contributed by atoms with van der Waals surface area (Å²) in [6.45, 7) is 6.43. The number of carbonyl (C=O) groups is 4. The Morgan fingerprint density at radius 3 is 2.02 bits per heavy atom. The first-order valence-electron chi connectivity index (χ1n) is 16.7. The van der Waals surface area contributed by atoms with Crippen LogP contribution in [0.3, 0.4) is 0 Å². The molecule has 1 rings (SSSR count). The number of unbranched alkanes of at least 4 members (excludes halogenated alkanes) is 8. The highest BCUT2D eigenvalue weighted by Gasteiger charge is 2.49. The smallest absolute Gasteiger partial charge is 0.337 e. The molecule has 11 nitrogen and oxygen atoms in total.